The van der Waals surface area contributed by atoms with Gasteiger partial charge in [0.25, 0.3) is 5.56 Å². The fourth-order valence-electron chi connectivity index (χ4n) is 2.95. The number of ether oxygens (including phenoxy) is 1. The molecule has 0 fully saturated rings. The molecule has 0 amide bonds. The zero-order valence-corrected chi connectivity index (χ0v) is 15.9. The second kappa shape index (κ2) is 6.83. The molecular formula is C20H20N2O5. The molecule has 0 N–H and O–H groups in total. The van der Waals surface area contributed by atoms with Crippen LogP contribution in [0.25, 0.3) is 11.0 Å². The van der Waals surface area contributed by atoms with Gasteiger partial charge in [-0.15, -0.1) is 0 Å². The normalized spacial score (nSPS) is 11.0. The monoisotopic (exact) mass is 368 g/mol. The van der Waals surface area contributed by atoms with Gasteiger partial charge in [-0.05, 0) is 44.4 Å². The first-order chi connectivity index (χ1) is 12.7. The number of hydrogen-bond acceptors (Lipinski definition) is 6. The SMILES string of the molecule is Cc1ccc2c(COC(=O)c3c(C)c(C)nn(C)c3=O)cc(=O)oc2c1C. The summed E-state index contributed by atoms with van der Waals surface area (Å²) in [5.41, 5.74) is 2.80. The average Bonchev–Trinajstić information content (AvgIpc) is 2.61. The first-order valence-electron chi connectivity index (χ1n) is 8.45. The summed E-state index contributed by atoms with van der Waals surface area (Å²) in [5, 5.41) is 4.74. The van der Waals surface area contributed by atoms with Crippen molar-refractivity contribution < 1.29 is 13.9 Å². The predicted octanol–water partition coefficient (Wildman–Crippen LogP) is 2.48. The topological polar surface area (TPSA) is 91.4 Å². The maximum atomic E-state index is 12.5. The van der Waals surface area contributed by atoms with Crippen molar-refractivity contribution >= 4 is 16.9 Å². The lowest BCUT2D eigenvalue weighted by Crippen LogP contribution is -2.29. The van der Waals surface area contributed by atoms with E-state index in [0.29, 0.717) is 27.8 Å². The van der Waals surface area contributed by atoms with Gasteiger partial charge in [0.1, 0.15) is 17.8 Å². The van der Waals surface area contributed by atoms with Gasteiger partial charge in [-0.3, -0.25) is 4.79 Å². The molecule has 3 rings (SSSR count). The molecule has 0 saturated heterocycles. The average molecular weight is 368 g/mol. The Balaban J connectivity index is 1.99. The second-order valence-electron chi connectivity index (χ2n) is 6.57. The molecule has 2 heterocycles. The fourth-order valence-corrected chi connectivity index (χ4v) is 2.95. The van der Waals surface area contributed by atoms with E-state index in [1.54, 1.807) is 13.8 Å². The molecule has 0 spiro atoms. The molecule has 140 valence electrons. The van der Waals surface area contributed by atoms with E-state index in [4.69, 9.17) is 9.15 Å². The minimum Gasteiger partial charge on any atom is -0.457 e. The lowest BCUT2D eigenvalue weighted by molar-refractivity contribution is 0.0469. The number of carbonyl (C=O) groups is 1. The third kappa shape index (κ3) is 3.28. The van der Waals surface area contributed by atoms with Crippen molar-refractivity contribution in [2.75, 3.05) is 0 Å². The molecule has 0 aliphatic heterocycles. The highest BCUT2D eigenvalue weighted by Gasteiger charge is 2.20. The van der Waals surface area contributed by atoms with Gasteiger partial charge in [-0.1, -0.05) is 12.1 Å². The summed E-state index contributed by atoms with van der Waals surface area (Å²) in [6.45, 7) is 7.01. The molecule has 0 aliphatic carbocycles. The van der Waals surface area contributed by atoms with Crippen molar-refractivity contribution in [1.29, 1.82) is 0 Å². The summed E-state index contributed by atoms with van der Waals surface area (Å²) in [6, 6.07) is 5.03. The Morgan fingerprint density at radius 3 is 2.56 bits per heavy atom. The van der Waals surface area contributed by atoms with Gasteiger partial charge in [0, 0.05) is 24.1 Å². The Hall–Kier alpha value is -3.22. The number of carbonyl (C=O) groups excluding carboxylic acids is 1. The molecule has 0 atom stereocenters. The zero-order chi connectivity index (χ0) is 19.9. The summed E-state index contributed by atoms with van der Waals surface area (Å²) >= 11 is 0. The highest BCUT2D eigenvalue weighted by Crippen LogP contribution is 2.24. The molecule has 0 unspecified atom stereocenters. The minimum atomic E-state index is -0.746. The largest absolute Gasteiger partial charge is 0.457 e. The number of aromatic nitrogens is 2. The van der Waals surface area contributed by atoms with Crippen LogP contribution < -0.4 is 11.2 Å². The smallest absolute Gasteiger partial charge is 0.344 e. The Bertz CT molecular complexity index is 1190. The highest BCUT2D eigenvalue weighted by atomic mass is 16.5. The molecule has 2 aromatic heterocycles. The van der Waals surface area contributed by atoms with E-state index >= 15 is 0 Å². The summed E-state index contributed by atoms with van der Waals surface area (Å²) in [7, 11) is 1.48. The van der Waals surface area contributed by atoms with Crippen LogP contribution in [0.15, 0.2) is 32.2 Å². The molecular weight excluding hydrogens is 348 g/mol. The van der Waals surface area contributed by atoms with Gasteiger partial charge in [0.2, 0.25) is 0 Å². The van der Waals surface area contributed by atoms with Crippen LogP contribution in [0, 0.1) is 27.7 Å². The number of benzene rings is 1. The second-order valence-corrected chi connectivity index (χ2v) is 6.57. The highest BCUT2D eigenvalue weighted by molar-refractivity contribution is 5.91. The van der Waals surface area contributed by atoms with Gasteiger partial charge >= 0.3 is 11.6 Å². The van der Waals surface area contributed by atoms with E-state index < -0.39 is 17.2 Å². The Kier molecular flexibility index (Phi) is 4.70. The van der Waals surface area contributed by atoms with E-state index in [1.165, 1.54) is 13.1 Å². The molecule has 0 radical (unpaired) electrons. The number of esters is 1. The number of rotatable bonds is 3. The van der Waals surface area contributed by atoms with Gasteiger partial charge in [0.15, 0.2) is 0 Å². The Labute approximate surface area is 155 Å². The molecule has 0 aliphatic rings. The van der Waals surface area contributed by atoms with Crippen LogP contribution >= 0.6 is 0 Å². The maximum Gasteiger partial charge on any atom is 0.344 e. The van der Waals surface area contributed by atoms with Crippen molar-refractivity contribution in [1.82, 2.24) is 9.78 Å². The Morgan fingerprint density at radius 2 is 1.85 bits per heavy atom. The van der Waals surface area contributed by atoms with Crippen molar-refractivity contribution in [3.63, 3.8) is 0 Å². The van der Waals surface area contributed by atoms with Gasteiger partial charge in [-0.2, -0.15) is 5.10 Å². The number of hydrogen-bond donors (Lipinski definition) is 0. The van der Waals surface area contributed by atoms with Gasteiger partial charge in [-0.25, -0.2) is 14.3 Å². The standard InChI is InChI=1S/C20H20N2O5/c1-10-6-7-15-14(8-16(23)27-18(15)11(10)2)9-26-20(25)17-12(3)13(4)21-22(5)19(17)24/h6-8H,9H2,1-5H3. The summed E-state index contributed by atoms with van der Waals surface area (Å²) in [4.78, 5) is 36.7. The first kappa shape index (κ1) is 18.6. The fraction of sp³-hybridized carbons (Fsp3) is 0.300. The minimum absolute atomic E-state index is 0.0516. The van der Waals surface area contributed by atoms with Crippen LogP contribution in [0.1, 0.15) is 38.3 Å². The predicted molar refractivity (Wildman–Crippen MR) is 100 cm³/mol. The van der Waals surface area contributed by atoms with E-state index in [9.17, 15) is 14.4 Å². The molecule has 0 saturated carbocycles. The summed E-state index contributed by atoms with van der Waals surface area (Å²) in [6.07, 6.45) is 0. The van der Waals surface area contributed by atoms with Crippen molar-refractivity contribution in [2.24, 2.45) is 7.05 Å². The van der Waals surface area contributed by atoms with E-state index in [2.05, 4.69) is 5.10 Å². The number of aryl methyl sites for hydroxylation is 4. The van der Waals surface area contributed by atoms with E-state index in [0.717, 1.165) is 15.8 Å². The third-order valence-electron chi connectivity index (χ3n) is 4.81. The Morgan fingerprint density at radius 1 is 1.15 bits per heavy atom. The molecule has 7 nitrogen and oxygen atoms in total. The molecule has 0 bridgehead atoms. The van der Waals surface area contributed by atoms with Crippen molar-refractivity contribution in [2.45, 2.75) is 34.3 Å². The van der Waals surface area contributed by atoms with Crippen LogP contribution in [-0.2, 0) is 18.4 Å². The van der Waals surface area contributed by atoms with Crippen LogP contribution in [0.3, 0.4) is 0 Å². The van der Waals surface area contributed by atoms with Gasteiger partial charge < -0.3 is 9.15 Å². The van der Waals surface area contributed by atoms with Crippen molar-refractivity contribution in [3.8, 4) is 0 Å². The van der Waals surface area contributed by atoms with Crippen molar-refractivity contribution in [3.05, 3.63) is 72.5 Å². The van der Waals surface area contributed by atoms with Crippen LogP contribution in [0.4, 0.5) is 0 Å². The maximum absolute atomic E-state index is 12.5. The molecule has 7 heteroatoms. The van der Waals surface area contributed by atoms with Crippen LogP contribution in [0.2, 0.25) is 0 Å². The lowest BCUT2D eigenvalue weighted by Gasteiger charge is -2.11. The zero-order valence-electron chi connectivity index (χ0n) is 15.9. The van der Waals surface area contributed by atoms with E-state index in [1.807, 2.05) is 26.0 Å². The lowest BCUT2D eigenvalue weighted by atomic mass is 10.0. The molecule has 3 aromatic rings. The van der Waals surface area contributed by atoms with Crippen LogP contribution in [0.5, 0.6) is 0 Å². The number of fused-ring (bicyclic) bond motifs is 1. The quantitative estimate of drug-likeness (QED) is 0.521. The molecule has 27 heavy (non-hydrogen) atoms. The van der Waals surface area contributed by atoms with E-state index in [-0.39, 0.29) is 12.2 Å². The third-order valence-corrected chi connectivity index (χ3v) is 4.81. The number of nitrogens with zero attached hydrogens (tertiary/aromatic N) is 2. The van der Waals surface area contributed by atoms with Gasteiger partial charge in [0.05, 0.1) is 5.69 Å². The molecule has 1 aromatic carbocycles. The summed E-state index contributed by atoms with van der Waals surface area (Å²) < 4.78 is 11.8. The first-order valence-corrected chi connectivity index (χ1v) is 8.45. The summed E-state index contributed by atoms with van der Waals surface area (Å²) in [5.74, 6) is -0.746. The van der Waals surface area contributed by atoms with Crippen LogP contribution in [-0.4, -0.2) is 15.7 Å².